The number of nitrogens with zero attached hydrogens (tertiary/aromatic N) is 1. The molecule has 0 saturated heterocycles. The molecule has 1 amide bonds. The van der Waals surface area contributed by atoms with Gasteiger partial charge in [0.15, 0.2) is 0 Å². The average Bonchev–Trinajstić information content (AvgIpc) is 2.97. The van der Waals surface area contributed by atoms with E-state index in [4.69, 9.17) is 5.73 Å². The smallest absolute Gasteiger partial charge is 0.406 e. The Kier molecular flexibility index (Phi) is 5.22. The Bertz CT molecular complexity index is 626. The predicted octanol–water partition coefficient (Wildman–Crippen LogP) is 1.49. The molecular formula is C14H15F3N4O2. The van der Waals surface area contributed by atoms with Gasteiger partial charge in [-0.05, 0) is 17.7 Å². The molecule has 0 saturated carbocycles. The fourth-order valence-corrected chi connectivity index (χ4v) is 1.86. The third-order valence-corrected chi connectivity index (χ3v) is 2.96. The zero-order valence-corrected chi connectivity index (χ0v) is 11.9. The first-order chi connectivity index (χ1) is 10.8. The second-order valence-corrected chi connectivity index (χ2v) is 4.80. The highest BCUT2D eigenvalue weighted by molar-refractivity contribution is 5.81. The first kappa shape index (κ1) is 16.8. The van der Waals surface area contributed by atoms with Crippen LogP contribution in [-0.2, 0) is 17.8 Å². The largest absolute Gasteiger partial charge is 0.573 e. The lowest BCUT2D eigenvalue weighted by Gasteiger charge is -2.12. The molecule has 0 bridgehead atoms. The second kappa shape index (κ2) is 7.14. The molecule has 0 unspecified atom stereocenters. The Balaban J connectivity index is 1.82. The van der Waals surface area contributed by atoms with Gasteiger partial charge in [0.2, 0.25) is 5.91 Å². The summed E-state index contributed by atoms with van der Waals surface area (Å²) in [7, 11) is 0. The van der Waals surface area contributed by atoms with Gasteiger partial charge in [-0.25, -0.2) is 4.98 Å². The highest BCUT2D eigenvalue weighted by Gasteiger charge is 2.30. The van der Waals surface area contributed by atoms with Gasteiger partial charge in [-0.3, -0.25) is 4.79 Å². The van der Waals surface area contributed by atoms with Crippen molar-refractivity contribution in [1.82, 2.24) is 15.3 Å². The van der Waals surface area contributed by atoms with Crippen LogP contribution in [0.5, 0.6) is 5.75 Å². The maximum absolute atomic E-state index is 12.0. The lowest BCUT2D eigenvalue weighted by Crippen LogP contribution is -2.41. The van der Waals surface area contributed by atoms with Crippen LogP contribution in [0.3, 0.4) is 0 Å². The van der Waals surface area contributed by atoms with Crippen molar-refractivity contribution in [3.63, 3.8) is 0 Å². The van der Waals surface area contributed by atoms with Gasteiger partial charge in [0, 0.05) is 24.9 Å². The maximum Gasteiger partial charge on any atom is 0.573 e. The summed E-state index contributed by atoms with van der Waals surface area (Å²) >= 11 is 0. The number of hydrogen-bond donors (Lipinski definition) is 3. The summed E-state index contributed by atoms with van der Waals surface area (Å²) in [6.07, 6.45) is -1.35. The summed E-state index contributed by atoms with van der Waals surface area (Å²) in [5.41, 5.74) is 7.13. The number of halogens is 3. The molecule has 0 spiro atoms. The normalized spacial score (nSPS) is 12.7. The van der Waals surface area contributed by atoms with E-state index in [-0.39, 0.29) is 18.2 Å². The van der Waals surface area contributed by atoms with E-state index in [1.807, 2.05) is 0 Å². The first-order valence-electron chi connectivity index (χ1n) is 6.69. The van der Waals surface area contributed by atoms with E-state index in [1.54, 1.807) is 6.20 Å². The maximum atomic E-state index is 12.0. The number of amides is 1. The highest BCUT2D eigenvalue weighted by atomic mass is 19.4. The van der Waals surface area contributed by atoms with Crippen LogP contribution >= 0.6 is 0 Å². The van der Waals surface area contributed by atoms with E-state index in [2.05, 4.69) is 20.0 Å². The molecule has 1 atom stereocenters. The summed E-state index contributed by atoms with van der Waals surface area (Å²) in [5, 5.41) is 2.62. The summed E-state index contributed by atoms with van der Waals surface area (Å²) in [4.78, 5) is 18.5. The highest BCUT2D eigenvalue weighted by Crippen LogP contribution is 2.22. The second-order valence-electron chi connectivity index (χ2n) is 4.80. The summed E-state index contributed by atoms with van der Waals surface area (Å²) in [6, 6.07) is 4.48. The minimum atomic E-state index is -4.73. The summed E-state index contributed by atoms with van der Waals surface area (Å²) in [5.74, 6) is -0.682. The molecule has 0 aliphatic carbocycles. The van der Waals surface area contributed by atoms with Crippen LogP contribution in [0.15, 0.2) is 36.8 Å². The zero-order chi connectivity index (χ0) is 16.9. The number of nitrogens with two attached hydrogens (primary N) is 1. The van der Waals surface area contributed by atoms with Crippen molar-refractivity contribution < 1.29 is 22.7 Å². The van der Waals surface area contributed by atoms with Crippen molar-refractivity contribution in [3.05, 3.63) is 48.0 Å². The number of H-pyrrole nitrogens is 1. The van der Waals surface area contributed by atoms with Gasteiger partial charge in [-0.15, -0.1) is 13.2 Å². The number of carbonyl (C=O) groups is 1. The molecule has 0 radical (unpaired) electrons. The lowest BCUT2D eigenvalue weighted by molar-refractivity contribution is -0.274. The average molecular weight is 328 g/mol. The quantitative estimate of drug-likeness (QED) is 0.749. The third kappa shape index (κ3) is 5.62. The van der Waals surface area contributed by atoms with Crippen LogP contribution in [0, 0.1) is 0 Å². The summed E-state index contributed by atoms with van der Waals surface area (Å²) in [6.45, 7) is 0.155. The SMILES string of the molecule is N[C@@H](Cc1cnc[nH]1)C(=O)NCc1ccc(OC(F)(F)F)cc1. The molecule has 2 rings (SSSR count). The molecule has 1 heterocycles. The van der Waals surface area contributed by atoms with Crippen LogP contribution in [0.4, 0.5) is 13.2 Å². The van der Waals surface area contributed by atoms with Crippen LogP contribution in [0.2, 0.25) is 0 Å². The van der Waals surface area contributed by atoms with Crippen LogP contribution in [-0.4, -0.2) is 28.3 Å². The number of carbonyl (C=O) groups excluding carboxylic acids is 1. The van der Waals surface area contributed by atoms with Crippen molar-refractivity contribution in [1.29, 1.82) is 0 Å². The molecule has 6 nitrogen and oxygen atoms in total. The standard InChI is InChI=1S/C14H15F3N4O2/c15-14(16,17)23-11-3-1-9(2-4-11)6-20-13(22)12(18)5-10-7-19-8-21-10/h1-4,7-8,12H,5-6,18H2,(H,19,21)(H,20,22)/t12-/m0/s1. The predicted molar refractivity (Wildman–Crippen MR) is 75.2 cm³/mol. The van der Waals surface area contributed by atoms with Gasteiger partial charge < -0.3 is 20.8 Å². The molecule has 23 heavy (non-hydrogen) atoms. The topological polar surface area (TPSA) is 93.0 Å². The number of hydrogen-bond acceptors (Lipinski definition) is 4. The lowest BCUT2D eigenvalue weighted by atomic mass is 10.1. The number of aromatic amines is 1. The van der Waals surface area contributed by atoms with E-state index in [0.717, 1.165) is 5.69 Å². The molecule has 1 aromatic carbocycles. The molecule has 1 aromatic heterocycles. The molecule has 9 heteroatoms. The Morgan fingerprint density at radius 3 is 2.61 bits per heavy atom. The van der Waals surface area contributed by atoms with Crippen molar-refractivity contribution in [2.24, 2.45) is 5.73 Å². The number of benzene rings is 1. The molecule has 0 aliphatic rings. The van der Waals surface area contributed by atoms with Crippen molar-refractivity contribution in [2.75, 3.05) is 0 Å². The van der Waals surface area contributed by atoms with E-state index in [0.29, 0.717) is 12.0 Å². The van der Waals surface area contributed by atoms with Crippen LogP contribution in [0.25, 0.3) is 0 Å². The fourth-order valence-electron chi connectivity index (χ4n) is 1.86. The van der Waals surface area contributed by atoms with Gasteiger partial charge in [0.1, 0.15) is 5.75 Å². The van der Waals surface area contributed by atoms with Gasteiger partial charge in [-0.1, -0.05) is 12.1 Å². The minimum absolute atomic E-state index is 0.155. The van der Waals surface area contributed by atoms with E-state index < -0.39 is 12.4 Å². The number of rotatable bonds is 6. The Morgan fingerprint density at radius 1 is 1.35 bits per heavy atom. The fraction of sp³-hybridized carbons (Fsp3) is 0.286. The number of alkyl halides is 3. The van der Waals surface area contributed by atoms with Gasteiger partial charge in [0.25, 0.3) is 0 Å². The van der Waals surface area contributed by atoms with Gasteiger partial charge in [0.05, 0.1) is 12.4 Å². The molecule has 0 aliphatic heterocycles. The molecular weight excluding hydrogens is 313 g/mol. The van der Waals surface area contributed by atoms with Gasteiger partial charge in [-0.2, -0.15) is 0 Å². The van der Waals surface area contributed by atoms with Crippen molar-refractivity contribution >= 4 is 5.91 Å². The molecule has 0 fully saturated rings. The Labute approximate surface area is 129 Å². The van der Waals surface area contributed by atoms with Crippen LogP contribution < -0.4 is 15.8 Å². The number of aromatic nitrogens is 2. The monoisotopic (exact) mass is 328 g/mol. The van der Waals surface area contributed by atoms with Crippen molar-refractivity contribution in [2.45, 2.75) is 25.4 Å². The number of ether oxygens (including phenoxy) is 1. The van der Waals surface area contributed by atoms with E-state index in [9.17, 15) is 18.0 Å². The first-order valence-corrected chi connectivity index (χ1v) is 6.69. The molecule has 124 valence electrons. The zero-order valence-electron chi connectivity index (χ0n) is 11.9. The van der Waals surface area contributed by atoms with Gasteiger partial charge >= 0.3 is 6.36 Å². The Morgan fingerprint density at radius 2 is 2.04 bits per heavy atom. The number of imidazole rings is 1. The minimum Gasteiger partial charge on any atom is -0.406 e. The van der Waals surface area contributed by atoms with E-state index in [1.165, 1.54) is 30.6 Å². The molecule has 2 aromatic rings. The molecule has 4 N–H and O–H groups in total. The van der Waals surface area contributed by atoms with Crippen molar-refractivity contribution in [3.8, 4) is 5.75 Å². The van der Waals surface area contributed by atoms with Crippen LogP contribution in [0.1, 0.15) is 11.3 Å². The number of nitrogens with one attached hydrogen (secondary N) is 2. The summed E-state index contributed by atoms with van der Waals surface area (Å²) < 4.78 is 39.9. The Hall–Kier alpha value is -2.55. The van der Waals surface area contributed by atoms with E-state index >= 15 is 0 Å². The third-order valence-electron chi connectivity index (χ3n) is 2.96.